The fourth-order valence-electron chi connectivity index (χ4n) is 2.67. The van der Waals surface area contributed by atoms with Crippen LogP contribution in [0.25, 0.3) is 0 Å². The summed E-state index contributed by atoms with van der Waals surface area (Å²) in [5, 5.41) is 2.99. The standard InChI is InChI=1S/C21H27NO5/c1-6-18(27-17-9-7-8-16(13-17)24-3)21(23)22-14(2)15-10-11-19(25-4)20(12-15)26-5/h7-14,18H,6H2,1-5H3,(H,22,23)/t14-,18-/m1/s1. The van der Waals surface area contributed by atoms with E-state index in [1.807, 2.05) is 44.2 Å². The molecular weight excluding hydrogens is 346 g/mol. The molecule has 0 radical (unpaired) electrons. The number of methoxy groups -OCH3 is 3. The predicted octanol–water partition coefficient (Wildman–Crippen LogP) is 3.75. The lowest BCUT2D eigenvalue weighted by Gasteiger charge is -2.21. The second-order valence-electron chi connectivity index (χ2n) is 6.04. The van der Waals surface area contributed by atoms with Gasteiger partial charge in [-0.25, -0.2) is 0 Å². The number of carbonyl (C=O) groups is 1. The Kier molecular flexibility index (Phi) is 7.34. The van der Waals surface area contributed by atoms with E-state index in [4.69, 9.17) is 18.9 Å². The first-order valence-electron chi connectivity index (χ1n) is 8.85. The molecule has 0 bridgehead atoms. The van der Waals surface area contributed by atoms with Gasteiger partial charge in [0, 0.05) is 6.07 Å². The molecule has 146 valence electrons. The summed E-state index contributed by atoms with van der Waals surface area (Å²) < 4.78 is 21.6. The third-order valence-corrected chi connectivity index (χ3v) is 4.25. The molecule has 0 aliphatic heterocycles. The van der Waals surface area contributed by atoms with Gasteiger partial charge in [0.25, 0.3) is 5.91 Å². The molecule has 2 aromatic rings. The zero-order chi connectivity index (χ0) is 19.8. The molecule has 27 heavy (non-hydrogen) atoms. The van der Waals surface area contributed by atoms with Crippen LogP contribution in [0.1, 0.15) is 31.9 Å². The van der Waals surface area contributed by atoms with E-state index in [0.29, 0.717) is 29.4 Å². The smallest absolute Gasteiger partial charge is 0.261 e. The van der Waals surface area contributed by atoms with Crippen molar-refractivity contribution >= 4 is 5.91 Å². The average molecular weight is 373 g/mol. The van der Waals surface area contributed by atoms with E-state index in [9.17, 15) is 4.79 Å². The summed E-state index contributed by atoms with van der Waals surface area (Å²) in [6, 6.07) is 12.6. The highest BCUT2D eigenvalue weighted by Gasteiger charge is 2.21. The monoisotopic (exact) mass is 373 g/mol. The molecule has 0 saturated heterocycles. The molecule has 6 nitrogen and oxygen atoms in total. The second kappa shape index (κ2) is 9.71. The highest BCUT2D eigenvalue weighted by atomic mass is 16.5. The number of rotatable bonds is 9. The van der Waals surface area contributed by atoms with Gasteiger partial charge in [0.1, 0.15) is 11.5 Å². The molecule has 0 unspecified atom stereocenters. The van der Waals surface area contributed by atoms with E-state index in [1.165, 1.54) is 0 Å². The van der Waals surface area contributed by atoms with Gasteiger partial charge in [0.2, 0.25) is 0 Å². The topological polar surface area (TPSA) is 66.0 Å². The molecule has 1 amide bonds. The first-order valence-corrected chi connectivity index (χ1v) is 8.85. The molecule has 0 aromatic heterocycles. The third kappa shape index (κ3) is 5.29. The normalized spacial score (nSPS) is 12.6. The third-order valence-electron chi connectivity index (χ3n) is 4.25. The van der Waals surface area contributed by atoms with Crippen LogP contribution in [-0.4, -0.2) is 33.3 Å². The van der Waals surface area contributed by atoms with Crippen molar-refractivity contribution in [2.24, 2.45) is 0 Å². The summed E-state index contributed by atoms with van der Waals surface area (Å²) in [4.78, 5) is 12.7. The molecule has 2 rings (SSSR count). The molecule has 0 saturated carbocycles. The van der Waals surface area contributed by atoms with Crippen LogP contribution in [0.4, 0.5) is 0 Å². The summed E-state index contributed by atoms with van der Waals surface area (Å²) in [6.07, 6.45) is -0.0542. The van der Waals surface area contributed by atoms with E-state index in [1.54, 1.807) is 33.5 Å². The van der Waals surface area contributed by atoms with E-state index in [0.717, 1.165) is 5.56 Å². The van der Waals surface area contributed by atoms with Crippen molar-refractivity contribution in [2.75, 3.05) is 21.3 Å². The maximum absolute atomic E-state index is 12.7. The highest BCUT2D eigenvalue weighted by Crippen LogP contribution is 2.30. The van der Waals surface area contributed by atoms with Crippen LogP contribution in [-0.2, 0) is 4.79 Å². The highest BCUT2D eigenvalue weighted by molar-refractivity contribution is 5.81. The molecule has 0 fully saturated rings. The lowest BCUT2D eigenvalue weighted by Crippen LogP contribution is -2.39. The van der Waals surface area contributed by atoms with Crippen LogP contribution >= 0.6 is 0 Å². The van der Waals surface area contributed by atoms with Gasteiger partial charge >= 0.3 is 0 Å². The SMILES string of the molecule is CC[C@@H](Oc1cccc(OC)c1)C(=O)N[C@H](C)c1ccc(OC)c(OC)c1. The zero-order valence-electron chi connectivity index (χ0n) is 16.4. The van der Waals surface area contributed by atoms with Gasteiger partial charge in [-0.15, -0.1) is 0 Å². The number of benzene rings is 2. The second-order valence-corrected chi connectivity index (χ2v) is 6.04. The first-order chi connectivity index (χ1) is 13.0. The summed E-state index contributed by atoms with van der Waals surface area (Å²) in [5.41, 5.74) is 0.914. The minimum absolute atomic E-state index is 0.178. The van der Waals surface area contributed by atoms with Crippen LogP contribution < -0.4 is 24.3 Å². The Bertz CT molecular complexity index is 762. The van der Waals surface area contributed by atoms with Crippen LogP contribution in [0.15, 0.2) is 42.5 Å². The predicted molar refractivity (Wildman–Crippen MR) is 104 cm³/mol. The van der Waals surface area contributed by atoms with Crippen molar-refractivity contribution in [1.29, 1.82) is 0 Å². The Morgan fingerprint density at radius 1 is 0.963 bits per heavy atom. The molecule has 0 spiro atoms. The fraction of sp³-hybridized carbons (Fsp3) is 0.381. The lowest BCUT2D eigenvalue weighted by molar-refractivity contribution is -0.128. The maximum atomic E-state index is 12.7. The van der Waals surface area contributed by atoms with Gasteiger partial charge in [0.05, 0.1) is 27.4 Å². The number of ether oxygens (including phenoxy) is 4. The van der Waals surface area contributed by atoms with Crippen LogP contribution in [0.3, 0.4) is 0 Å². The van der Waals surface area contributed by atoms with Gasteiger partial charge in [-0.2, -0.15) is 0 Å². The number of hydrogen-bond acceptors (Lipinski definition) is 5. The largest absolute Gasteiger partial charge is 0.497 e. The van der Waals surface area contributed by atoms with Crippen LogP contribution in [0.2, 0.25) is 0 Å². The number of nitrogens with one attached hydrogen (secondary N) is 1. The summed E-state index contributed by atoms with van der Waals surface area (Å²) in [5.74, 6) is 2.36. The molecule has 0 heterocycles. The van der Waals surface area contributed by atoms with Gasteiger partial charge in [-0.05, 0) is 43.2 Å². The molecule has 2 aromatic carbocycles. The molecule has 0 aliphatic rings. The number of carbonyl (C=O) groups excluding carboxylic acids is 1. The quantitative estimate of drug-likeness (QED) is 0.725. The van der Waals surface area contributed by atoms with Crippen molar-refractivity contribution < 1.29 is 23.7 Å². The average Bonchev–Trinajstić information content (AvgIpc) is 2.71. The van der Waals surface area contributed by atoms with Crippen molar-refractivity contribution in [3.63, 3.8) is 0 Å². The van der Waals surface area contributed by atoms with Gasteiger partial charge in [0.15, 0.2) is 17.6 Å². The van der Waals surface area contributed by atoms with E-state index >= 15 is 0 Å². The summed E-state index contributed by atoms with van der Waals surface area (Å²) in [6.45, 7) is 3.82. The van der Waals surface area contributed by atoms with Crippen molar-refractivity contribution in [1.82, 2.24) is 5.32 Å². The number of hydrogen-bond donors (Lipinski definition) is 1. The van der Waals surface area contributed by atoms with E-state index < -0.39 is 6.10 Å². The Morgan fingerprint density at radius 2 is 1.67 bits per heavy atom. The first kappa shape index (κ1) is 20.4. The van der Waals surface area contributed by atoms with Gasteiger partial charge in [-0.3, -0.25) is 4.79 Å². The van der Waals surface area contributed by atoms with Crippen LogP contribution in [0, 0.1) is 0 Å². The summed E-state index contributed by atoms with van der Waals surface area (Å²) >= 11 is 0. The minimum atomic E-state index is -0.597. The Balaban J connectivity index is 2.06. The van der Waals surface area contributed by atoms with E-state index in [-0.39, 0.29) is 11.9 Å². The Labute approximate surface area is 160 Å². The Morgan fingerprint density at radius 3 is 2.30 bits per heavy atom. The van der Waals surface area contributed by atoms with Crippen molar-refractivity contribution in [3.05, 3.63) is 48.0 Å². The van der Waals surface area contributed by atoms with Crippen molar-refractivity contribution in [3.8, 4) is 23.0 Å². The minimum Gasteiger partial charge on any atom is -0.497 e. The van der Waals surface area contributed by atoms with E-state index in [2.05, 4.69) is 5.32 Å². The fourth-order valence-corrected chi connectivity index (χ4v) is 2.67. The lowest BCUT2D eigenvalue weighted by atomic mass is 10.1. The Hall–Kier alpha value is -2.89. The molecular formula is C21H27NO5. The van der Waals surface area contributed by atoms with Crippen molar-refractivity contribution in [2.45, 2.75) is 32.4 Å². The number of amides is 1. The maximum Gasteiger partial charge on any atom is 0.261 e. The summed E-state index contributed by atoms with van der Waals surface area (Å²) in [7, 11) is 4.76. The van der Waals surface area contributed by atoms with Gasteiger partial charge in [-0.1, -0.05) is 19.1 Å². The molecule has 1 N–H and O–H groups in total. The van der Waals surface area contributed by atoms with Crippen LogP contribution in [0.5, 0.6) is 23.0 Å². The molecule has 2 atom stereocenters. The molecule has 6 heteroatoms. The molecule has 0 aliphatic carbocycles. The van der Waals surface area contributed by atoms with Gasteiger partial charge < -0.3 is 24.3 Å². The zero-order valence-corrected chi connectivity index (χ0v) is 16.4.